The molecule has 0 saturated carbocycles. The van der Waals surface area contributed by atoms with Crippen LogP contribution in [0.1, 0.15) is 34.1 Å². The number of alkyl halides is 3. The third kappa shape index (κ3) is 7.09. The van der Waals surface area contributed by atoms with E-state index >= 15 is 0 Å². The van der Waals surface area contributed by atoms with Gasteiger partial charge >= 0.3 is 12.3 Å². The maximum Gasteiger partial charge on any atom is 0.442 e. The first-order valence-electron chi connectivity index (χ1n) is 12.6. The molecule has 2 heterocycles. The second-order valence-corrected chi connectivity index (χ2v) is 12.6. The van der Waals surface area contributed by atoms with Crippen LogP contribution in [-0.4, -0.2) is 71.1 Å². The summed E-state index contributed by atoms with van der Waals surface area (Å²) in [6, 6.07) is 2.53. The molecule has 1 saturated heterocycles. The van der Waals surface area contributed by atoms with Crippen LogP contribution in [0.2, 0.25) is 0 Å². The van der Waals surface area contributed by atoms with E-state index < -0.39 is 75.5 Å². The van der Waals surface area contributed by atoms with Gasteiger partial charge in [0.25, 0.3) is 0 Å². The molecule has 3 rings (SSSR count). The highest BCUT2D eigenvalue weighted by Gasteiger charge is 2.63. The number of carbonyl (C=O) groups excluding carboxylic acids is 2. The van der Waals surface area contributed by atoms with Gasteiger partial charge in [-0.15, -0.1) is 4.36 Å². The summed E-state index contributed by atoms with van der Waals surface area (Å²) >= 11 is 0. The number of anilines is 2. The number of hydrogen-bond acceptors (Lipinski definition) is 8. The van der Waals surface area contributed by atoms with Gasteiger partial charge in [0.15, 0.2) is 17.2 Å². The van der Waals surface area contributed by atoms with E-state index in [1.807, 2.05) is 0 Å². The van der Waals surface area contributed by atoms with Crippen LogP contribution in [0.5, 0.6) is 5.75 Å². The fourth-order valence-corrected chi connectivity index (χ4v) is 5.38. The van der Waals surface area contributed by atoms with Crippen molar-refractivity contribution in [3.8, 4) is 5.75 Å². The highest BCUT2D eigenvalue weighted by molar-refractivity contribution is 7.93. The van der Waals surface area contributed by atoms with Gasteiger partial charge in [0.1, 0.15) is 26.4 Å². The van der Waals surface area contributed by atoms with E-state index in [1.165, 1.54) is 13.0 Å². The second kappa shape index (κ2) is 12.0. The predicted octanol–water partition coefficient (Wildman–Crippen LogP) is 5.32. The molecule has 1 N–H and O–H groups in total. The summed E-state index contributed by atoms with van der Waals surface area (Å²) in [4.78, 5) is 30.5. The maximum atomic E-state index is 14.5. The predicted molar refractivity (Wildman–Crippen MR) is 143 cm³/mol. The van der Waals surface area contributed by atoms with Gasteiger partial charge in [-0.3, -0.25) is 4.79 Å². The lowest BCUT2D eigenvalue weighted by atomic mass is 9.98. The standard InChI is InChI=1S/C26H31F5N4O6S/c1-7-40-25(26(29,30)31)13-18(35(14-25)17-9-8-16(27)20(28)21(17)39-5)22(36)33-15-10-11-32-19(12-15)42(6,38)34-23(37)41-24(2,3)4/h8-12,18H,7,13-14H2,1-6H3,(H,32,33,36). The minimum Gasteiger partial charge on any atom is -0.491 e. The first-order chi connectivity index (χ1) is 19.3. The van der Waals surface area contributed by atoms with Crippen LogP contribution in [0, 0.1) is 11.6 Å². The van der Waals surface area contributed by atoms with Crippen molar-refractivity contribution < 1.29 is 50.0 Å². The van der Waals surface area contributed by atoms with Gasteiger partial charge in [0.2, 0.25) is 11.7 Å². The number of nitrogens with one attached hydrogen (secondary N) is 1. The Labute approximate surface area is 239 Å². The largest absolute Gasteiger partial charge is 0.491 e. The van der Waals surface area contributed by atoms with E-state index in [4.69, 9.17) is 14.2 Å². The molecule has 0 bridgehead atoms. The molecule has 0 aliphatic carbocycles. The monoisotopic (exact) mass is 622 g/mol. The molecule has 1 aliphatic heterocycles. The zero-order valence-electron chi connectivity index (χ0n) is 23.7. The third-order valence-corrected chi connectivity index (χ3v) is 7.64. The van der Waals surface area contributed by atoms with Gasteiger partial charge < -0.3 is 24.4 Å². The molecule has 1 fully saturated rings. The number of methoxy groups -OCH3 is 1. The number of amides is 2. The van der Waals surface area contributed by atoms with Crippen molar-refractivity contribution in [2.75, 3.05) is 36.7 Å². The van der Waals surface area contributed by atoms with Crippen LogP contribution in [-0.2, 0) is 24.0 Å². The lowest BCUT2D eigenvalue weighted by Gasteiger charge is -2.32. The molecule has 232 valence electrons. The van der Waals surface area contributed by atoms with Gasteiger partial charge in [0, 0.05) is 31.2 Å². The molecule has 3 unspecified atom stereocenters. The fraction of sp³-hybridized carbons (Fsp3) is 0.500. The van der Waals surface area contributed by atoms with Crippen LogP contribution >= 0.6 is 0 Å². The second-order valence-electron chi connectivity index (χ2n) is 10.4. The van der Waals surface area contributed by atoms with Crippen LogP contribution in [0.3, 0.4) is 0 Å². The van der Waals surface area contributed by atoms with E-state index in [1.54, 1.807) is 20.8 Å². The summed E-state index contributed by atoms with van der Waals surface area (Å²) in [5.74, 6) is -4.41. The normalized spacial score (nSPS) is 20.5. The molecule has 10 nitrogen and oxygen atoms in total. The van der Waals surface area contributed by atoms with Crippen molar-refractivity contribution >= 4 is 33.1 Å². The topological polar surface area (TPSA) is 119 Å². The quantitative estimate of drug-likeness (QED) is 0.413. The first kappa shape index (κ1) is 33.0. The van der Waals surface area contributed by atoms with Crippen molar-refractivity contribution in [1.82, 2.24) is 4.98 Å². The van der Waals surface area contributed by atoms with Crippen LogP contribution in [0.15, 0.2) is 39.9 Å². The Morgan fingerprint density at radius 3 is 2.45 bits per heavy atom. The number of carbonyl (C=O) groups is 2. The van der Waals surface area contributed by atoms with Crippen molar-refractivity contribution in [3.63, 3.8) is 0 Å². The third-order valence-electron chi connectivity index (χ3n) is 6.14. The summed E-state index contributed by atoms with van der Waals surface area (Å²) < 4.78 is 103. The molecule has 1 aliphatic rings. The number of hydrogen-bond donors (Lipinski definition) is 1. The number of nitrogens with zero attached hydrogens (tertiary/aromatic N) is 3. The van der Waals surface area contributed by atoms with E-state index in [0.717, 1.165) is 36.6 Å². The molecule has 42 heavy (non-hydrogen) atoms. The Morgan fingerprint density at radius 1 is 1.21 bits per heavy atom. The number of halogens is 5. The lowest BCUT2D eigenvalue weighted by Crippen LogP contribution is -2.50. The molecule has 2 amide bonds. The van der Waals surface area contributed by atoms with E-state index in [-0.39, 0.29) is 23.0 Å². The summed E-state index contributed by atoms with van der Waals surface area (Å²) in [5, 5.41) is 2.23. The molecule has 1 aromatic heterocycles. The van der Waals surface area contributed by atoms with Crippen LogP contribution in [0.25, 0.3) is 0 Å². The Morgan fingerprint density at radius 2 is 1.88 bits per heavy atom. The molecule has 16 heteroatoms. The molecular formula is C26H31F5N4O6S. The molecular weight excluding hydrogens is 591 g/mol. The number of aromatic nitrogens is 1. The minimum atomic E-state index is -4.94. The average molecular weight is 623 g/mol. The fourth-order valence-electron chi connectivity index (χ4n) is 4.36. The molecule has 0 spiro atoms. The van der Waals surface area contributed by atoms with Crippen LogP contribution in [0.4, 0.5) is 38.1 Å². The summed E-state index contributed by atoms with van der Waals surface area (Å²) in [5.41, 5.74) is -4.06. The SMILES string of the molecule is CCOC1(C(F)(F)F)CC(C(=O)Nc2ccnc(S(C)(=O)=NC(=O)OC(C)(C)C)c2)N(c2ccc(F)c(F)c2OC)C1. The maximum absolute atomic E-state index is 14.5. The van der Waals surface area contributed by atoms with Gasteiger partial charge in [-0.1, -0.05) is 0 Å². The number of rotatable bonds is 7. The number of benzene rings is 1. The van der Waals surface area contributed by atoms with Gasteiger partial charge in [0.05, 0.1) is 19.3 Å². The Hall–Kier alpha value is -3.53. The van der Waals surface area contributed by atoms with Crippen LogP contribution < -0.4 is 15.0 Å². The van der Waals surface area contributed by atoms with Crippen molar-refractivity contribution in [2.24, 2.45) is 4.36 Å². The summed E-state index contributed by atoms with van der Waals surface area (Å²) in [7, 11) is -2.45. The molecule has 2 aromatic rings. The minimum absolute atomic E-state index is 0.0305. The number of pyridine rings is 1. The van der Waals surface area contributed by atoms with Crippen molar-refractivity contribution in [2.45, 2.75) is 62.6 Å². The molecule has 3 atom stereocenters. The summed E-state index contributed by atoms with van der Waals surface area (Å²) in [6.07, 6.45) is -4.66. The Balaban J connectivity index is 2.02. The zero-order chi connectivity index (χ0) is 31.7. The highest BCUT2D eigenvalue weighted by atomic mass is 32.2. The summed E-state index contributed by atoms with van der Waals surface area (Å²) in [6.45, 7) is 4.85. The van der Waals surface area contributed by atoms with Gasteiger partial charge in [-0.05, 0) is 52.0 Å². The highest BCUT2D eigenvalue weighted by Crippen LogP contribution is 2.47. The smallest absolute Gasteiger partial charge is 0.442 e. The van der Waals surface area contributed by atoms with Crippen molar-refractivity contribution in [1.29, 1.82) is 0 Å². The van der Waals surface area contributed by atoms with E-state index in [0.29, 0.717) is 6.07 Å². The first-order valence-corrected chi connectivity index (χ1v) is 14.5. The number of ether oxygens (including phenoxy) is 3. The zero-order valence-corrected chi connectivity index (χ0v) is 24.5. The average Bonchev–Trinajstić information content (AvgIpc) is 3.25. The van der Waals surface area contributed by atoms with Crippen molar-refractivity contribution in [3.05, 3.63) is 42.1 Å². The van der Waals surface area contributed by atoms with Gasteiger partial charge in [-0.25, -0.2) is 18.4 Å². The van der Waals surface area contributed by atoms with E-state index in [2.05, 4.69) is 14.7 Å². The molecule has 1 aromatic carbocycles. The Kier molecular flexibility index (Phi) is 9.41. The molecule has 0 radical (unpaired) electrons. The van der Waals surface area contributed by atoms with E-state index in [9.17, 15) is 35.8 Å². The lowest BCUT2D eigenvalue weighted by molar-refractivity contribution is -0.268. The van der Waals surface area contributed by atoms with Gasteiger partial charge in [-0.2, -0.15) is 17.6 Å². The Bertz CT molecular complexity index is 1470.